The first-order valence-electron chi connectivity index (χ1n) is 11.4. The lowest BCUT2D eigenvalue weighted by Crippen LogP contribution is -2.46. The summed E-state index contributed by atoms with van der Waals surface area (Å²) in [5.74, 6) is 2.16. The first-order chi connectivity index (χ1) is 16.2. The first kappa shape index (κ1) is 21.4. The predicted molar refractivity (Wildman–Crippen MR) is 128 cm³/mol. The van der Waals surface area contributed by atoms with E-state index in [1.165, 1.54) is 10.4 Å². The monoisotopic (exact) mass is 450 g/mol. The van der Waals surface area contributed by atoms with Crippen LogP contribution in [-0.2, 0) is 4.74 Å². The number of nitrogens with two attached hydrogens (primary N) is 1. The molecule has 4 heterocycles. The lowest BCUT2D eigenvalue weighted by atomic mass is 10.2. The molecule has 0 unspecified atom stereocenters. The van der Waals surface area contributed by atoms with E-state index in [4.69, 9.17) is 10.5 Å². The van der Waals surface area contributed by atoms with Crippen molar-refractivity contribution in [2.24, 2.45) is 0 Å². The SMILES string of the molecule is CCN1CCN(c2cc(-n3nc(Nc4ccc(N5CCOCC5)cc4)nc3N)ncn2)CC1. The van der Waals surface area contributed by atoms with Gasteiger partial charge in [-0.1, -0.05) is 6.92 Å². The predicted octanol–water partition coefficient (Wildman–Crippen LogP) is 1.36. The second kappa shape index (κ2) is 9.59. The van der Waals surface area contributed by atoms with Crippen molar-refractivity contribution in [1.82, 2.24) is 29.6 Å². The van der Waals surface area contributed by atoms with Crippen molar-refractivity contribution in [3.8, 4) is 5.82 Å². The number of rotatable bonds is 6. The van der Waals surface area contributed by atoms with Crippen LogP contribution < -0.4 is 20.9 Å². The van der Waals surface area contributed by atoms with Crippen LogP contribution in [0.4, 0.5) is 29.1 Å². The maximum atomic E-state index is 6.16. The second-order valence-corrected chi connectivity index (χ2v) is 8.13. The topological polar surface area (TPSA) is 113 Å². The third-order valence-corrected chi connectivity index (χ3v) is 6.13. The van der Waals surface area contributed by atoms with Crippen molar-refractivity contribution in [2.45, 2.75) is 6.92 Å². The lowest BCUT2D eigenvalue weighted by Gasteiger charge is -2.34. The number of aromatic nitrogens is 5. The molecule has 0 atom stereocenters. The van der Waals surface area contributed by atoms with Gasteiger partial charge in [0.1, 0.15) is 12.1 Å². The molecular formula is C22H30N10O. The van der Waals surface area contributed by atoms with E-state index in [1.807, 2.05) is 18.2 Å². The van der Waals surface area contributed by atoms with Gasteiger partial charge in [0.05, 0.1) is 13.2 Å². The molecule has 2 fully saturated rings. The molecule has 1 aromatic carbocycles. The Morgan fingerprint density at radius 1 is 0.939 bits per heavy atom. The van der Waals surface area contributed by atoms with Gasteiger partial charge < -0.3 is 30.5 Å². The van der Waals surface area contributed by atoms with E-state index in [0.717, 1.165) is 70.5 Å². The van der Waals surface area contributed by atoms with E-state index >= 15 is 0 Å². The zero-order valence-electron chi connectivity index (χ0n) is 18.9. The third-order valence-electron chi connectivity index (χ3n) is 6.13. The fourth-order valence-corrected chi connectivity index (χ4v) is 4.17. The third kappa shape index (κ3) is 4.83. The van der Waals surface area contributed by atoms with Gasteiger partial charge >= 0.3 is 0 Å². The maximum Gasteiger partial charge on any atom is 0.248 e. The molecule has 2 aromatic heterocycles. The molecule has 0 bridgehead atoms. The molecule has 0 saturated carbocycles. The summed E-state index contributed by atoms with van der Waals surface area (Å²) in [6.07, 6.45) is 1.55. The summed E-state index contributed by atoms with van der Waals surface area (Å²) < 4.78 is 6.97. The molecule has 0 radical (unpaired) electrons. The molecule has 3 N–H and O–H groups in total. The van der Waals surface area contributed by atoms with Crippen LogP contribution in [0.5, 0.6) is 0 Å². The minimum atomic E-state index is 0.267. The molecule has 2 saturated heterocycles. The minimum absolute atomic E-state index is 0.267. The van der Waals surface area contributed by atoms with Crippen molar-refractivity contribution >= 4 is 29.1 Å². The molecule has 0 spiro atoms. The Bertz CT molecular complexity index is 1060. The largest absolute Gasteiger partial charge is 0.378 e. The van der Waals surface area contributed by atoms with Crippen LogP contribution >= 0.6 is 0 Å². The Labute approximate surface area is 193 Å². The fraction of sp³-hybridized carbons (Fsp3) is 0.455. The summed E-state index contributed by atoms with van der Waals surface area (Å²) in [4.78, 5) is 20.2. The van der Waals surface area contributed by atoms with Gasteiger partial charge in [-0.2, -0.15) is 9.67 Å². The number of morpholine rings is 1. The Hall–Kier alpha value is -3.44. The Balaban J connectivity index is 1.28. The van der Waals surface area contributed by atoms with Crippen molar-refractivity contribution in [3.63, 3.8) is 0 Å². The van der Waals surface area contributed by atoms with Crippen LogP contribution in [0.3, 0.4) is 0 Å². The van der Waals surface area contributed by atoms with E-state index in [0.29, 0.717) is 11.8 Å². The van der Waals surface area contributed by atoms with E-state index < -0.39 is 0 Å². The highest BCUT2D eigenvalue weighted by atomic mass is 16.5. The maximum absolute atomic E-state index is 6.16. The minimum Gasteiger partial charge on any atom is -0.378 e. The van der Waals surface area contributed by atoms with Crippen molar-refractivity contribution < 1.29 is 4.74 Å². The first-order valence-corrected chi connectivity index (χ1v) is 11.4. The molecule has 5 rings (SSSR count). The number of anilines is 5. The van der Waals surface area contributed by atoms with Crippen LogP contribution in [0.15, 0.2) is 36.7 Å². The Kier molecular flexibility index (Phi) is 6.22. The van der Waals surface area contributed by atoms with E-state index in [1.54, 1.807) is 6.33 Å². The second-order valence-electron chi connectivity index (χ2n) is 8.13. The highest BCUT2D eigenvalue weighted by molar-refractivity contribution is 5.60. The number of ether oxygens (including phenoxy) is 1. The molecule has 2 aliphatic rings. The van der Waals surface area contributed by atoms with Crippen molar-refractivity contribution in [2.75, 3.05) is 79.9 Å². The highest BCUT2D eigenvalue weighted by Crippen LogP contribution is 2.22. The van der Waals surface area contributed by atoms with E-state index in [-0.39, 0.29) is 5.95 Å². The summed E-state index contributed by atoms with van der Waals surface area (Å²) in [5, 5.41) is 7.75. The zero-order chi connectivity index (χ0) is 22.6. The summed E-state index contributed by atoms with van der Waals surface area (Å²) in [7, 11) is 0. The summed E-state index contributed by atoms with van der Waals surface area (Å²) in [6.45, 7) is 10.5. The average Bonchev–Trinajstić information content (AvgIpc) is 3.25. The number of nitrogens with zero attached hydrogens (tertiary/aromatic N) is 8. The van der Waals surface area contributed by atoms with Gasteiger partial charge in [0, 0.05) is 56.7 Å². The number of benzene rings is 1. The Morgan fingerprint density at radius 3 is 2.39 bits per heavy atom. The average molecular weight is 451 g/mol. The normalized spacial score (nSPS) is 17.4. The Morgan fingerprint density at radius 2 is 1.67 bits per heavy atom. The summed E-state index contributed by atoms with van der Waals surface area (Å²) >= 11 is 0. The van der Waals surface area contributed by atoms with Gasteiger partial charge in [-0.3, -0.25) is 0 Å². The highest BCUT2D eigenvalue weighted by Gasteiger charge is 2.19. The molecule has 33 heavy (non-hydrogen) atoms. The van der Waals surface area contributed by atoms with Gasteiger partial charge in [0.2, 0.25) is 11.9 Å². The van der Waals surface area contributed by atoms with Gasteiger partial charge in [-0.15, -0.1) is 5.10 Å². The smallest absolute Gasteiger partial charge is 0.248 e. The zero-order valence-corrected chi connectivity index (χ0v) is 18.9. The lowest BCUT2D eigenvalue weighted by molar-refractivity contribution is 0.122. The van der Waals surface area contributed by atoms with Gasteiger partial charge in [0.25, 0.3) is 0 Å². The van der Waals surface area contributed by atoms with Gasteiger partial charge in [0.15, 0.2) is 5.82 Å². The molecule has 0 amide bonds. The number of hydrogen-bond donors (Lipinski definition) is 2. The standard InChI is InChI=1S/C22H30N10O/c1-2-29-7-9-31(10-8-29)19-15-20(25-16-24-19)32-21(23)27-22(28-32)26-17-3-5-18(6-4-17)30-11-13-33-14-12-30/h3-6,15-16H,2,7-14H2,1H3,(H3,23,26,27,28). The van der Waals surface area contributed by atoms with Gasteiger partial charge in [-0.05, 0) is 30.8 Å². The number of nitrogens with one attached hydrogen (secondary N) is 1. The quantitative estimate of drug-likeness (QED) is 0.571. The molecule has 11 heteroatoms. The fourth-order valence-electron chi connectivity index (χ4n) is 4.17. The molecule has 2 aliphatic heterocycles. The van der Waals surface area contributed by atoms with Crippen LogP contribution in [0, 0.1) is 0 Å². The van der Waals surface area contributed by atoms with Crippen LogP contribution in [0.25, 0.3) is 5.82 Å². The number of piperazine rings is 1. The number of likely N-dealkylation sites (N-methyl/N-ethyl adjacent to an activating group) is 1. The van der Waals surface area contributed by atoms with Gasteiger partial charge in [-0.25, -0.2) is 9.97 Å². The van der Waals surface area contributed by atoms with Crippen molar-refractivity contribution in [3.05, 3.63) is 36.7 Å². The van der Waals surface area contributed by atoms with E-state index in [2.05, 4.69) is 59.1 Å². The van der Waals surface area contributed by atoms with Crippen LogP contribution in [-0.4, -0.2) is 88.7 Å². The van der Waals surface area contributed by atoms with Crippen LogP contribution in [0.1, 0.15) is 6.92 Å². The molecule has 0 aliphatic carbocycles. The molecule has 11 nitrogen and oxygen atoms in total. The van der Waals surface area contributed by atoms with Crippen molar-refractivity contribution in [1.29, 1.82) is 0 Å². The molecule has 174 valence electrons. The molecule has 3 aromatic rings. The van der Waals surface area contributed by atoms with Crippen LogP contribution in [0.2, 0.25) is 0 Å². The molecular weight excluding hydrogens is 420 g/mol. The summed E-state index contributed by atoms with van der Waals surface area (Å²) in [6, 6.07) is 10.1. The number of nitrogen functional groups attached to an aromatic ring is 1. The van der Waals surface area contributed by atoms with E-state index in [9.17, 15) is 0 Å². The number of hydrogen-bond acceptors (Lipinski definition) is 10. The summed E-state index contributed by atoms with van der Waals surface area (Å²) in [5.41, 5.74) is 8.23.